The van der Waals surface area contributed by atoms with Crippen molar-refractivity contribution in [3.63, 3.8) is 0 Å². The van der Waals surface area contributed by atoms with Crippen LogP contribution in [-0.2, 0) is 20.7 Å². The van der Waals surface area contributed by atoms with Gasteiger partial charge in [-0.1, -0.05) is 30.3 Å². The van der Waals surface area contributed by atoms with Crippen molar-refractivity contribution in [2.24, 2.45) is 0 Å². The molecule has 1 aliphatic heterocycles. The third kappa shape index (κ3) is 4.93. The summed E-state index contributed by atoms with van der Waals surface area (Å²) in [5.41, 5.74) is 0.961. The quantitative estimate of drug-likeness (QED) is 0.742. The molecular weight excluding hydrogens is 328 g/mol. The molecular formula is C17H22N2O6. The Morgan fingerprint density at radius 2 is 1.92 bits per heavy atom. The predicted octanol–water partition coefficient (Wildman–Crippen LogP) is 0.344. The molecule has 0 aliphatic carbocycles. The van der Waals surface area contributed by atoms with E-state index in [1.165, 1.54) is 16.9 Å². The average molecular weight is 350 g/mol. The van der Waals surface area contributed by atoms with Crippen LogP contribution in [0.15, 0.2) is 30.3 Å². The molecule has 1 heterocycles. The Labute approximate surface area is 145 Å². The fourth-order valence-corrected chi connectivity index (χ4v) is 2.91. The SMILES string of the molecule is COC(=O)CC(O)C(=O)N1CCN(C(=O)O)[C@H](Cc2ccccc2)C1. The van der Waals surface area contributed by atoms with Crippen LogP contribution < -0.4 is 0 Å². The molecule has 0 saturated carbocycles. The molecule has 1 aromatic rings. The second-order valence-corrected chi connectivity index (χ2v) is 5.90. The first kappa shape index (κ1) is 18.7. The zero-order chi connectivity index (χ0) is 18.4. The minimum absolute atomic E-state index is 0.156. The molecule has 8 heteroatoms. The number of esters is 1. The minimum atomic E-state index is -1.48. The molecule has 2 amide bonds. The van der Waals surface area contributed by atoms with Gasteiger partial charge in [-0.05, 0) is 12.0 Å². The van der Waals surface area contributed by atoms with Crippen LogP contribution in [0.2, 0.25) is 0 Å². The summed E-state index contributed by atoms with van der Waals surface area (Å²) in [6.07, 6.45) is -2.48. The monoisotopic (exact) mass is 350 g/mol. The molecule has 1 aliphatic rings. The van der Waals surface area contributed by atoms with Crippen LogP contribution in [0, 0.1) is 0 Å². The number of piperazine rings is 1. The van der Waals surface area contributed by atoms with Crippen LogP contribution in [0.3, 0.4) is 0 Å². The summed E-state index contributed by atoms with van der Waals surface area (Å²) in [5.74, 6) is -1.26. The van der Waals surface area contributed by atoms with Gasteiger partial charge < -0.3 is 24.7 Å². The van der Waals surface area contributed by atoms with Crippen molar-refractivity contribution in [2.45, 2.75) is 25.0 Å². The third-order valence-corrected chi connectivity index (χ3v) is 4.23. The van der Waals surface area contributed by atoms with E-state index in [2.05, 4.69) is 4.74 Å². The third-order valence-electron chi connectivity index (χ3n) is 4.23. The molecule has 0 bridgehead atoms. The number of carbonyl (C=O) groups is 3. The highest BCUT2D eigenvalue weighted by Gasteiger charge is 2.35. The Balaban J connectivity index is 2.06. The van der Waals surface area contributed by atoms with Crippen molar-refractivity contribution in [2.75, 3.05) is 26.7 Å². The zero-order valence-electron chi connectivity index (χ0n) is 14.0. The van der Waals surface area contributed by atoms with Gasteiger partial charge in [0, 0.05) is 19.6 Å². The lowest BCUT2D eigenvalue weighted by Crippen LogP contribution is -2.58. The van der Waals surface area contributed by atoms with Gasteiger partial charge in [-0.25, -0.2) is 4.79 Å². The molecule has 2 atom stereocenters. The number of rotatable bonds is 5. The van der Waals surface area contributed by atoms with Crippen molar-refractivity contribution in [3.8, 4) is 0 Å². The van der Waals surface area contributed by atoms with E-state index >= 15 is 0 Å². The van der Waals surface area contributed by atoms with Crippen molar-refractivity contribution in [3.05, 3.63) is 35.9 Å². The molecule has 2 N–H and O–H groups in total. The lowest BCUT2D eigenvalue weighted by molar-refractivity contribution is -0.151. The molecule has 2 rings (SSSR count). The van der Waals surface area contributed by atoms with E-state index in [9.17, 15) is 24.6 Å². The van der Waals surface area contributed by atoms with E-state index in [4.69, 9.17) is 0 Å². The minimum Gasteiger partial charge on any atom is -0.469 e. The Hall–Kier alpha value is -2.61. The van der Waals surface area contributed by atoms with E-state index in [0.717, 1.165) is 5.56 Å². The molecule has 8 nitrogen and oxygen atoms in total. The Kier molecular flexibility index (Phi) is 6.35. The zero-order valence-corrected chi connectivity index (χ0v) is 14.0. The second-order valence-electron chi connectivity index (χ2n) is 5.90. The van der Waals surface area contributed by atoms with Gasteiger partial charge in [-0.3, -0.25) is 9.59 Å². The van der Waals surface area contributed by atoms with E-state index in [-0.39, 0.29) is 19.6 Å². The summed E-state index contributed by atoms with van der Waals surface area (Å²) in [6.45, 7) is 0.496. The molecule has 1 saturated heterocycles. The van der Waals surface area contributed by atoms with E-state index in [0.29, 0.717) is 6.42 Å². The molecule has 1 aromatic carbocycles. The number of nitrogens with zero attached hydrogens (tertiary/aromatic N) is 2. The van der Waals surface area contributed by atoms with Crippen LogP contribution in [0.4, 0.5) is 4.79 Å². The standard InChI is InChI=1S/C17H22N2O6/c1-25-15(21)10-14(20)16(22)18-7-8-19(17(23)24)13(11-18)9-12-5-3-2-4-6-12/h2-6,13-14,20H,7-11H2,1H3,(H,23,24)/t13-,14?/m1/s1. The fraction of sp³-hybridized carbons (Fsp3) is 0.471. The number of benzene rings is 1. The highest BCUT2D eigenvalue weighted by molar-refractivity contribution is 5.85. The smallest absolute Gasteiger partial charge is 0.407 e. The maximum Gasteiger partial charge on any atom is 0.407 e. The van der Waals surface area contributed by atoms with E-state index < -0.39 is 36.5 Å². The van der Waals surface area contributed by atoms with Gasteiger partial charge in [0.25, 0.3) is 5.91 Å². The Morgan fingerprint density at radius 3 is 2.52 bits per heavy atom. The van der Waals surface area contributed by atoms with Crippen LogP contribution >= 0.6 is 0 Å². The van der Waals surface area contributed by atoms with Crippen LogP contribution in [-0.4, -0.2) is 76.9 Å². The molecule has 136 valence electrons. The summed E-state index contributed by atoms with van der Waals surface area (Å²) in [4.78, 5) is 37.7. The maximum atomic E-state index is 12.3. The fourth-order valence-electron chi connectivity index (χ4n) is 2.91. The van der Waals surface area contributed by atoms with Crippen molar-refractivity contribution in [1.82, 2.24) is 9.80 Å². The summed E-state index contributed by atoms with van der Waals surface area (Å²) >= 11 is 0. The number of ether oxygens (including phenoxy) is 1. The largest absolute Gasteiger partial charge is 0.469 e. The number of aliphatic hydroxyl groups is 1. The molecule has 0 spiro atoms. The van der Waals surface area contributed by atoms with Crippen molar-refractivity contribution < 1.29 is 29.3 Å². The highest BCUT2D eigenvalue weighted by Crippen LogP contribution is 2.17. The second kappa shape index (κ2) is 8.48. The summed E-state index contributed by atoms with van der Waals surface area (Å²) in [6, 6.07) is 8.99. The molecule has 1 fully saturated rings. The molecule has 0 aromatic heterocycles. The average Bonchev–Trinajstić information content (AvgIpc) is 2.61. The van der Waals surface area contributed by atoms with Crippen LogP contribution in [0.1, 0.15) is 12.0 Å². The number of aliphatic hydroxyl groups excluding tert-OH is 1. The molecule has 0 radical (unpaired) electrons. The number of methoxy groups -OCH3 is 1. The number of amides is 2. The Bertz CT molecular complexity index is 621. The first-order valence-corrected chi connectivity index (χ1v) is 7.99. The first-order valence-electron chi connectivity index (χ1n) is 7.99. The van der Waals surface area contributed by atoms with Gasteiger partial charge in [-0.15, -0.1) is 0 Å². The predicted molar refractivity (Wildman–Crippen MR) is 87.9 cm³/mol. The van der Waals surface area contributed by atoms with Gasteiger partial charge in [0.1, 0.15) is 6.10 Å². The molecule has 1 unspecified atom stereocenters. The van der Waals surface area contributed by atoms with Crippen molar-refractivity contribution >= 4 is 18.0 Å². The van der Waals surface area contributed by atoms with Gasteiger partial charge in [0.15, 0.2) is 0 Å². The van der Waals surface area contributed by atoms with Gasteiger partial charge >= 0.3 is 12.1 Å². The van der Waals surface area contributed by atoms with E-state index in [1.807, 2.05) is 30.3 Å². The van der Waals surface area contributed by atoms with Crippen molar-refractivity contribution in [1.29, 1.82) is 0 Å². The van der Waals surface area contributed by atoms with E-state index in [1.54, 1.807) is 0 Å². The van der Waals surface area contributed by atoms with Gasteiger partial charge in [0.2, 0.25) is 0 Å². The summed E-state index contributed by atoms with van der Waals surface area (Å²) < 4.78 is 4.45. The van der Waals surface area contributed by atoms with Crippen LogP contribution in [0.5, 0.6) is 0 Å². The summed E-state index contributed by atoms with van der Waals surface area (Å²) in [5, 5.41) is 19.3. The number of carbonyl (C=O) groups excluding carboxylic acids is 2. The summed E-state index contributed by atoms with van der Waals surface area (Å²) in [7, 11) is 1.18. The van der Waals surface area contributed by atoms with Crippen LogP contribution in [0.25, 0.3) is 0 Å². The Morgan fingerprint density at radius 1 is 1.24 bits per heavy atom. The molecule has 25 heavy (non-hydrogen) atoms. The normalized spacial score (nSPS) is 18.6. The lowest BCUT2D eigenvalue weighted by Gasteiger charge is -2.40. The number of hydrogen-bond acceptors (Lipinski definition) is 5. The van der Waals surface area contributed by atoms with Gasteiger partial charge in [0.05, 0.1) is 19.6 Å². The number of hydrogen-bond donors (Lipinski definition) is 2. The number of carboxylic acid groups (broad SMARTS) is 1. The lowest BCUT2D eigenvalue weighted by atomic mass is 10.0. The maximum absolute atomic E-state index is 12.3. The van der Waals surface area contributed by atoms with Gasteiger partial charge in [-0.2, -0.15) is 0 Å². The highest BCUT2D eigenvalue weighted by atomic mass is 16.5. The topological polar surface area (TPSA) is 107 Å². The first-order chi connectivity index (χ1) is 11.9.